The zero-order valence-electron chi connectivity index (χ0n) is 17.2. The maximum Gasteiger partial charge on any atom is 0.332 e. The highest BCUT2D eigenvalue weighted by atomic mass is 35.5. The Labute approximate surface area is 174 Å². The zero-order chi connectivity index (χ0) is 21.3. The Bertz CT molecular complexity index is 1130. The number of hydrogen-bond donors (Lipinski definition) is 1. The molecule has 1 aromatic carbocycles. The predicted octanol–water partition coefficient (Wildman–Crippen LogP) is 2.74. The van der Waals surface area contributed by atoms with Crippen LogP contribution in [0.4, 0.5) is 0 Å². The average molecular weight is 419 g/mol. The van der Waals surface area contributed by atoms with Gasteiger partial charge in [-0.15, -0.1) is 0 Å². The molecule has 7 nitrogen and oxygen atoms in total. The van der Waals surface area contributed by atoms with Crippen LogP contribution in [0, 0.1) is 5.92 Å². The van der Waals surface area contributed by atoms with Crippen molar-refractivity contribution in [3.05, 3.63) is 61.5 Å². The molecule has 0 saturated carbocycles. The quantitative estimate of drug-likeness (QED) is 0.639. The van der Waals surface area contributed by atoms with Crippen LogP contribution in [-0.4, -0.2) is 30.4 Å². The van der Waals surface area contributed by atoms with Crippen molar-refractivity contribution < 1.29 is 5.11 Å². The Morgan fingerprint density at radius 2 is 1.76 bits per heavy atom. The van der Waals surface area contributed by atoms with Gasteiger partial charge in [0.2, 0.25) is 0 Å². The smallest absolute Gasteiger partial charge is 0.332 e. The molecule has 0 fully saturated rings. The second-order valence-corrected chi connectivity index (χ2v) is 8.20. The van der Waals surface area contributed by atoms with Gasteiger partial charge in [-0.05, 0) is 30.0 Å². The number of aliphatic hydroxyl groups is 1. The van der Waals surface area contributed by atoms with E-state index in [9.17, 15) is 9.59 Å². The van der Waals surface area contributed by atoms with Crippen molar-refractivity contribution in [3.8, 4) is 0 Å². The molecular weight excluding hydrogens is 392 g/mol. The molecule has 1 atom stereocenters. The van der Waals surface area contributed by atoms with Gasteiger partial charge in [-0.25, -0.2) is 9.78 Å². The van der Waals surface area contributed by atoms with Gasteiger partial charge in [0.15, 0.2) is 11.2 Å². The van der Waals surface area contributed by atoms with Crippen molar-refractivity contribution in [2.24, 2.45) is 13.0 Å². The first-order chi connectivity index (χ1) is 13.8. The van der Waals surface area contributed by atoms with Crippen molar-refractivity contribution in [3.63, 3.8) is 0 Å². The highest BCUT2D eigenvalue weighted by Crippen LogP contribution is 2.26. The minimum atomic E-state index is -0.421. The maximum atomic E-state index is 13.3. The Morgan fingerprint density at radius 1 is 1.10 bits per heavy atom. The number of halogens is 1. The summed E-state index contributed by atoms with van der Waals surface area (Å²) in [5.41, 5.74) is 0.983. The van der Waals surface area contributed by atoms with Crippen LogP contribution in [0.2, 0.25) is 5.02 Å². The Hall–Kier alpha value is -2.38. The van der Waals surface area contributed by atoms with E-state index in [2.05, 4.69) is 20.8 Å². The van der Waals surface area contributed by atoms with E-state index in [0.29, 0.717) is 35.1 Å². The Morgan fingerprint density at radius 3 is 2.34 bits per heavy atom. The van der Waals surface area contributed by atoms with Crippen molar-refractivity contribution in [1.29, 1.82) is 0 Å². The largest absolute Gasteiger partial charge is 0.396 e. The summed E-state index contributed by atoms with van der Waals surface area (Å²) in [6.07, 6.45) is 0.335. The number of hydrogen-bond acceptors (Lipinski definition) is 4. The molecule has 8 heteroatoms. The van der Waals surface area contributed by atoms with Crippen LogP contribution in [0.15, 0.2) is 33.9 Å². The van der Waals surface area contributed by atoms with E-state index >= 15 is 0 Å². The molecule has 0 saturated heterocycles. The molecule has 2 aromatic heterocycles. The van der Waals surface area contributed by atoms with E-state index in [4.69, 9.17) is 21.7 Å². The third-order valence-electron chi connectivity index (χ3n) is 5.46. The number of aromatic nitrogens is 4. The van der Waals surface area contributed by atoms with Crippen LogP contribution in [0.1, 0.15) is 44.5 Å². The number of imidazole rings is 1. The van der Waals surface area contributed by atoms with Gasteiger partial charge < -0.3 is 9.67 Å². The average Bonchev–Trinajstić information content (AvgIpc) is 3.06. The van der Waals surface area contributed by atoms with Gasteiger partial charge in [0.1, 0.15) is 5.82 Å². The summed E-state index contributed by atoms with van der Waals surface area (Å²) in [7, 11) is 1.63. The molecule has 0 aliphatic heterocycles. The van der Waals surface area contributed by atoms with Crippen molar-refractivity contribution in [1.82, 2.24) is 18.7 Å². The normalized spacial score (nSPS) is 12.8. The Balaban J connectivity index is 2.30. The fourth-order valence-electron chi connectivity index (χ4n) is 3.39. The van der Waals surface area contributed by atoms with E-state index in [1.807, 2.05) is 28.8 Å². The summed E-state index contributed by atoms with van der Waals surface area (Å²) >= 11 is 6.01. The third-order valence-corrected chi connectivity index (χ3v) is 5.72. The lowest BCUT2D eigenvalue weighted by atomic mass is 9.97. The van der Waals surface area contributed by atoms with Crippen LogP contribution >= 0.6 is 11.6 Å². The molecule has 0 radical (unpaired) electrons. The van der Waals surface area contributed by atoms with Gasteiger partial charge in [0.05, 0.1) is 0 Å². The number of aliphatic hydroxyl groups excluding tert-OH is 1. The first kappa shape index (κ1) is 21.3. The minimum Gasteiger partial charge on any atom is -0.396 e. The zero-order valence-corrected chi connectivity index (χ0v) is 18.0. The van der Waals surface area contributed by atoms with Gasteiger partial charge in [0.25, 0.3) is 5.56 Å². The molecular formula is C21H27ClN4O3. The molecule has 29 heavy (non-hydrogen) atoms. The molecule has 3 aromatic rings. The highest BCUT2D eigenvalue weighted by molar-refractivity contribution is 6.30. The SMILES string of the molecule is CC(C)C(C)c1nc2c(c(=O)n(CCCO)c(=O)n2C)n1Cc1ccc(Cl)cc1. The lowest BCUT2D eigenvalue weighted by molar-refractivity contribution is 0.277. The van der Waals surface area contributed by atoms with E-state index < -0.39 is 5.69 Å². The van der Waals surface area contributed by atoms with Crippen LogP contribution in [-0.2, 0) is 20.1 Å². The van der Waals surface area contributed by atoms with Gasteiger partial charge in [-0.3, -0.25) is 13.9 Å². The monoisotopic (exact) mass is 418 g/mol. The highest BCUT2D eigenvalue weighted by Gasteiger charge is 2.24. The van der Waals surface area contributed by atoms with Crippen molar-refractivity contribution in [2.45, 2.75) is 46.2 Å². The van der Waals surface area contributed by atoms with Gasteiger partial charge in [-0.2, -0.15) is 0 Å². The first-order valence-electron chi connectivity index (χ1n) is 9.81. The summed E-state index contributed by atoms with van der Waals surface area (Å²) < 4.78 is 4.52. The van der Waals surface area contributed by atoms with Crippen molar-refractivity contribution >= 4 is 22.8 Å². The molecule has 1 unspecified atom stereocenters. The molecule has 1 N–H and O–H groups in total. The molecule has 0 aliphatic rings. The summed E-state index contributed by atoms with van der Waals surface area (Å²) in [6.45, 7) is 6.82. The molecule has 3 rings (SSSR count). The van der Waals surface area contributed by atoms with E-state index in [-0.39, 0.29) is 24.6 Å². The lowest BCUT2D eigenvalue weighted by Gasteiger charge is -2.17. The number of fused-ring (bicyclic) bond motifs is 1. The summed E-state index contributed by atoms with van der Waals surface area (Å²) in [5, 5.41) is 9.80. The van der Waals surface area contributed by atoms with Crippen LogP contribution in [0.3, 0.4) is 0 Å². The van der Waals surface area contributed by atoms with E-state index in [1.54, 1.807) is 7.05 Å². The van der Waals surface area contributed by atoms with Crippen LogP contribution < -0.4 is 11.2 Å². The fourth-order valence-corrected chi connectivity index (χ4v) is 3.52. The lowest BCUT2D eigenvalue weighted by Crippen LogP contribution is -2.40. The molecule has 0 spiro atoms. The fraction of sp³-hybridized carbons (Fsp3) is 0.476. The van der Waals surface area contributed by atoms with Crippen LogP contribution in [0.25, 0.3) is 11.2 Å². The second-order valence-electron chi connectivity index (χ2n) is 7.76. The third kappa shape index (κ3) is 4.02. The summed E-state index contributed by atoms with van der Waals surface area (Å²) in [4.78, 5) is 30.7. The summed E-state index contributed by atoms with van der Waals surface area (Å²) in [6, 6.07) is 7.47. The number of nitrogens with zero attached hydrogens (tertiary/aromatic N) is 4. The number of aryl methyl sites for hydroxylation is 1. The maximum absolute atomic E-state index is 13.3. The second kappa shape index (κ2) is 8.55. The van der Waals surface area contributed by atoms with Gasteiger partial charge in [0, 0.05) is 37.7 Å². The minimum absolute atomic E-state index is 0.0900. The molecule has 0 aliphatic carbocycles. The Kier molecular flexibility index (Phi) is 6.29. The predicted molar refractivity (Wildman–Crippen MR) is 115 cm³/mol. The van der Waals surface area contributed by atoms with E-state index in [0.717, 1.165) is 11.4 Å². The molecule has 0 bridgehead atoms. The first-order valence-corrected chi connectivity index (χ1v) is 10.2. The van der Waals surface area contributed by atoms with E-state index in [1.165, 1.54) is 9.13 Å². The van der Waals surface area contributed by atoms with Crippen LogP contribution in [0.5, 0.6) is 0 Å². The van der Waals surface area contributed by atoms with Gasteiger partial charge in [-0.1, -0.05) is 44.5 Å². The van der Waals surface area contributed by atoms with Crippen molar-refractivity contribution in [2.75, 3.05) is 6.61 Å². The molecule has 0 amide bonds. The molecule has 2 heterocycles. The number of benzene rings is 1. The molecule has 156 valence electrons. The standard InChI is InChI=1S/C21H27ClN4O3/c1-13(2)14(3)18-23-19-17(26(18)12-15-6-8-16(22)9-7-15)20(28)25(10-5-11-27)21(29)24(19)4/h6-9,13-14,27H,5,10-12H2,1-4H3. The van der Waals surface area contributed by atoms with Gasteiger partial charge >= 0.3 is 5.69 Å². The summed E-state index contributed by atoms with van der Waals surface area (Å²) in [5.74, 6) is 1.18. The number of rotatable bonds is 7. The topological polar surface area (TPSA) is 82.1 Å².